The van der Waals surface area contributed by atoms with E-state index in [-0.39, 0.29) is 0 Å². The summed E-state index contributed by atoms with van der Waals surface area (Å²) in [6.45, 7) is 0. The maximum Gasteiger partial charge on any atom is 0.343 e. The Morgan fingerprint density at radius 1 is 0.833 bits per heavy atom. The van der Waals surface area contributed by atoms with Gasteiger partial charge in [-0.3, -0.25) is 0 Å². The molecule has 0 bridgehead atoms. The van der Waals surface area contributed by atoms with Gasteiger partial charge in [0.05, 0.1) is 18.2 Å². The first kappa shape index (κ1) is 15.6. The average Bonchev–Trinajstić information content (AvgIpc) is 3.16. The van der Waals surface area contributed by atoms with Crippen LogP contribution < -0.4 is 4.74 Å². The number of aromatic nitrogens is 1. The lowest BCUT2D eigenvalue weighted by atomic mass is 10.2. The molecule has 1 aromatic heterocycles. The second kappa shape index (κ2) is 6.83. The Morgan fingerprint density at radius 2 is 1.54 bits per heavy atom. The zero-order chi connectivity index (χ0) is 16.9. The van der Waals surface area contributed by atoms with Gasteiger partial charge < -0.3 is 14.0 Å². The van der Waals surface area contributed by atoms with E-state index in [0.29, 0.717) is 16.9 Å². The number of methoxy groups -OCH3 is 1. The number of nitrogens with zero attached hydrogens (tertiary/aromatic N) is 1. The Morgan fingerprint density at radius 3 is 2.21 bits per heavy atom. The van der Waals surface area contributed by atoms with Gasteiger partial charge in [0.2, 0.25) is 0 Å². The molecule has 3 aromatic rings. The largest absolute Gasteiger partial charge is 0.465 e. The predicted molar refractivity (Wildman–Crippen MR) is 88.5 cm³/mol. The van der Waals surface area contributed by atoms with Gasteiger partial charge in [0.1, 0.15) is 5.75 Å². The number of hydrogen-bond acceptors (Lipinski definition) is 4. The number of carbonyl (C=O) groups excluding carboxylic acids is 2. The molecule has 0 amide bonds. The summed E-state index contributed by atoms with van der Waals surface area (Å²) in [6.07, 6.45) is 3.80. The Hall–Kier alpha value is -3.34. The van der Waals surface area contributed by atoms with Crippen molar-refractivity contribution >= 4 is 11.9 Å². The zero-order valence-corrected chi connectivity index (χ0v) is 13.0. The van der Waals surface area contributed by atoms with E-state index >= 15 is 0 Å². The van der Waals surface area contributed by atoms with Crippen molar-refractivity contribution in [3.05, 3.63) is 84.2 Å². The van der Waals surface area contributed by atoms with E-state index in [1.54, 1.807) is 42.5 Å². The standard InChI is InChI=1S/C19H15NO4/c1-23-18(21)14-7-9-17(10-8-14)24-19(22)15-5-4-6-16(13-15)20-11-2-3-12-20/h2-13H,1H3. The Labute approximate surface area is 139 Å². The van der Waals surface area contributed by atoms with Crippen LogP contribution in [0.3, 0.4) is 0 Å². The number of ether oxygens (including phenoxy) is 2. The normalized spacial score (nSPS) is 10.2. The molecule has 5 nitrogen and oxygen atoms in total. The van der Waals surface area contributed by atoms with Crippen molar-refractivity contribution in [2.45, 2.75) is 0 Å². The third kappa shape index (κ3) is 3.35. The first-order valence-corrected chi connectivity index (χ1v) is 7.31. The molecule has 24 heavy (non-hydrogen) atoms. The van der Waals surface area contributed by atoms with Gasteiger partial charge >= 0.3 is 11.9 Å². The van der Waals surface area contributed by atoms with Gasteiger partial charge in [0.15, 0.2) is 0 Å². The van der Waals surface area contributed by atoms with Crippen LogP contribution in [0, 0.1) is 0 Å². The summed E-state index contributed by atoms with van der Waals surface area (Å²) >= 11 is 0. The molecule has 0 saturated heterocycles. The number of hydrogen-bond donors (Lipinski definition) is 0. The van der Waals surface area contributed by atoms with E-state index in [1.165, 1.54) is 7.11 Å². The van der Waals surface area contributed by atoms with Gasteiger partial charge in [-0.15, -0.1) is 0 Å². The third-order valence-corrected chi connectivity index (χ3v) is 3.47. The van der Waals surface area contributed by atoms with Crippen LogP contribution in [0.5, 0.6) is 5.75 Å². The molecule has 0 spiro atoms. The van der Waals surface area contributed by atoms with E-state index in [1.807, 2.05) is 35.2 Å². The topological polar surface area (TPSA) is 57.5 Å². The van der Waals surface area contributed by atoms with Crippen LogP contribution in [0.15, 0.2) is 73.1 Å². The highest BCUT2D eigenvalue weighted by atomic mass is 16.5. The summed E-state index contributed by atoms with van der Waals surface area (Å²) in [5.41, 5.74) is 1.71. The first-order chi connectivity index (χ1) is 11.7. The summed E-state index contributed by atoms with van der Waals surface area (Å²) in [4.78, 5) is 23.7. The molecular formula is C19H15NO4. The van der Waals surface area contributed by atoms with Crippen LogP contribution in [-0.4, -0.2) is 23.6 Å². The van der Waals surface area contributed by atoms with Gasteiger partial charge in [0, 0.05) is 18.1 Å². The first-order valence-electron chi connectivity index (χ1n) is 7.31. The van der Waals surface area contributed by atoms with E-state index < -0.39 is 11.9 Å². The van der Waals surface area contributed by atoms with Crippen LogP contribution in [0.4, 0.5) is 0 Å². The van der Waals surface area contributed by atoms with E-state index in [0.717, 1.165) is 5.69 Å². The quantitative estimate of drug-likeness (QED) is 0.545. The summed E-state index contributed by atoms with van der Waals surface area (Å²) in [5, 5.41) is 0. The van der Waals surface area contributed by atoms with Gasteiger partial charge in [0.25, 0.3) is 0 Å². The molecule has 0 atom stereocenters. The Kier molecular flexibility index (Phi) is 4.43. The fourth-order valence-corrected chi connectivity index (χ4v) is 2.24. The van der Waals surface area contributed by atoms with Crippen LogP contribution >= 0.6 is 0 Å². The van der Waals surface area contributed by atoms with Crippen LogP contribution in [0.2, 0.25) is 0 Å². The second-order valence-corrected chi connectivity index (χ2v) is 5.05. The minimum atomic E-state index is -0.463. The molecule has 2 aromatic carbocycles. The lowest BCUT2D eigenvalue weighted by Gasteiger charge is -2.07. The number of carbonyl (C=O) groups is 2. The van der Waals surface area contributed by atoms with Crippen molar-refractivity contribution < 1.29 is 19.1 Å². The van der Waals surface area contributed by atoms with E-state index in [2.05, 4.69) is 4.74 Å². The van der Waals surface area contributed by atoms with Gasteiger partial charge in [-0.2, -0.15) is 0 Å². The van der Waals surface area contributed by atoms with E-state index in [9.17, 15) is 9.59 Å². The van der Waals surface area contributed by atoms with Crippen LogP contribution in [0.1, 0.15) is 20.7 Å². The fourth-order valence-electron chi connectivity index (χ4n) is 2.24. The summed E-state index contributed by atoms with van der Waals surface area (Å²) in [6, 6.07) is 17.2. The molecule has 0 unspecified atom stereocenters. The van der Waals surface area contributed by atoms with Gasteiger partial charge in [-0.1, -0.05) is 6.07 Å². The molecule has 3 rings (SSSR count). The molecule has 1 heterocycles. The van der Waals surface area contributed by atoms with Crippen molar-refractivity contribution in [3.63, 3.8) is 0 Å². The van der Waals surface area contributed by atoms with Crippen molar-refractivity contribution in [2.75, 3.05) is 7.11 Å². The molecule has 120 valence electrons. The number of rotatable bonds is 4. The van der Waals surface area contributed by atoms with Crippen LogP contribution in [-0.2, 0) is 4.74 Å². The Balaban J connectivity index is 1.75. The van der Waals surface area contributed by atoms with Crippen molar-refractivity contribution in [2.24, 2.45) is 0 Å². The molecular weight excluding hydrogens is 306 g/mol. The lowest BCUT2D eigenvalue weighted by molar-refractivity contribution is 0.0600. The highest BCUT2D eigenvalue weighted by Crippen LogP contribution is 2.17. The molecule has 5 heteroatoms. The SMILES string of the molecule is COC(=O)c1ccc(OC(=O)c2cccc(-n3cccc3)c2)cc1. The molecule has 0 N–H and O–H groups in total. The van der Waals surface area contributed by atoms with Gasteiger partial charge in [-0.25, -0.2) is 9.59 Å². The van der Waals surface area contributed by atoms with Crippen LogP contribution in [0.25, 0.3) is 5.69 Å². The summed E-state index contributed by atoms with van der Waals surface area (Å²) in [7, 11) is 1.31. The molecule has 0 aliphatic rings. The summed E-state index contributed by atoms with van der Waals surface area (Å²) in [5.74, 6) is -0.541. The summed E-state index contributed by atoms with van der Waals surface area (Å²) < 4.78 is 11.9. The van der Waals surface area contributed by atoms with E-state index in [4.69, 9.17) is 4.74 Å². The maximum absolute atomic E-state index is 12.3. The average molecular weight is 321 g/mol. The van der Waals surface area contributed by atoms with Crippen molar-refractivity contribution in [1.82, 2.24) is 4.57 Å². The molecule has 0 aliphatic heterocycles. The molecule has 0 aliphatic carbocycles. The zero-order valence-electron chi connectivity index (χ0n) is 13.0. The maximum atomic E-state index is 12.3. The molecule has 0 fully saturated rings. The Bertz CT molecular complexity index is 851. The van der Waals surface area contributed by atoms with Crippen molar-refractivity contribution in [3.8, 4) is 11.4 Å². The lowest BCUT2D eigenvalue weighted by Crippen LogP contribution is -2.09. The fraction of sp³-hybridized carbons (Fsp3) is 0.0526. The second-order valence-electron chi connectivity index (χ2n) is 5.05. The number of benzene rings is 2. The van der Waals surface area contributed by atoms with Crippen molar-refractivity contribution in [1.29, 1.82) is 0 Å². The predicted octanol–water partition coefficient (Wildman–Crippen LogP) is 3.48. The van der Waals surface area contributed by atoms with Gasteiger partial charge in [-0.05, 0) is 54.6 Å². The number of esters is 2. The minimum Gasteiger partial charge on any atom is -0.465 e. The minimum absolute atomic E-state index is 0.360. The molecule has 0 radical (unpaired) electrons. The smallest absolute Gasteiger partial charge is 0.343 e. The monoisotopic (exact) mass is 321 g/mol. The molecule has 0 saturated carbocycles. The highest BCUT2D eigenvalue weighted by Gasteiger charge is 2.11. The third-order valence-electron chi connectivity index (χ3n) is 3.47. The highest BCUT2D eigenvalue weighted by molar-refractivity contribution is 5.92.